The summed E-state index contributed by atoms with van der Waals surface area (Å²) in [6.45, 7) is 6.26. The number of aromatic nitrogens is 4. The van der Waals surface area contributed by atoms with Crippen molar-refractivity contribution in [2.75, 3.05) is 0 Å². The van der Waals surface area contributed by atoms with Crippen LogP contribution in [0.2, 0.25) is 0 Å². The molecular weight excluding hydrogens is 404 g/mol. The number of H-pyrrole nitrogens is 1. The second-order valence-corrected chi connectivity index (χ2v) is 7.19. The van der Waals surface area contributed by atoms with Crippen molar-refractivity contribution in [3.05, 3.63) is 95.6 Å². The Morgan fingerprint density at radius 1 is 1.25 bits per heavy atom. The zero-order valence-corrected chi connectivity index (χ0v) is 17.6. The van der Waals surface area contributed by atoms with Gasteiger partial charge < -0.3 is 19.7 Å². The lowest BCUT2D eigenvalue weighted by Crippen LogP contribution is -2.33. The van der Waals surface area contributed by atoms with Gasteiger partial charge in [0.15, 0.2) is 0 Å². The molecule has 0 aliphatic rings. The number of hydrogen-bond donors (Lipinski definition) is 2. The van der Waals surface area contributed by atoms with Gasteiger partial charge in [-0.2, -0.15) is 0 Å². The summed E-state index contributed by atoms with van der Waals surface area (Å²) < 4.78 is 1.61. The molecule has 3 heterocycles. The Morgan fingerprint density at radius 3 is 2.91 bits per heavy atom. The SMILES string of the molecule is C=C(N=c1c(C(=O)NCc2ccc3nc(C)[nH]c3c2)cccn1CC=O)c1ccccn1. The molecule has 1 aromatic carbocycles. The molecular formula is C24H22N6O2. The zero-order valence-electron chi connectivity index (χ0n) is 17.6. The zero-order chi connectivity index (χ0) is 22.5. The highest BCUT2D eigenvalue weighted by molar-refractivity contribution is 5.94. The van der Waals surface area contributed by atoms with E-state index in [4.69, 9.17) is 0 Å². The molecule has 3 aromatic heterocycles. The summed E-state index contributed by atoms with van der Waals surface area (Å²) in [4.78, 5) is 40.6. The third kappa shape index (κ3) is 4.54. The van der Waals surface area contributed by atoms with E-state index in [2.05, 4.69) is 31.8 Å². The number of carbonyl (C=O) groups excluding carboxylic acids is 2. The molecule has 0 saturated heterocycles. The van der Waals surface area contributed by atoms with Gasteiger partial charge >= 0.3 is 0 Å². The van der Waals surface area contributed by atoms with Crippen LogP contribution in [0.15, 0.2) is 72.5 Å². The van der Waals surface area contributed by atoms with Gasteiger partial charge in [-0.1, -0.05) is 18.7 Å². The molecule has 4 aromatic rings. The molecule has 0 atom stereocenters. The van der Waals surface area contributed by atoms with E-state index in [1.54, 1.807) is 41.2 Å². The number of imidazole rings is 1. The monoisotopic (exact) mass is 426 g/mol. The Labute approximate surface area is 184 Å². The highest BCUT2D eigenvalue weighted by Crippen LogP contribution is 2.14. The van der Waals surface area contributed by atoms with Crippen LogP contribution in [-0.2, 0) is 17.9 Å². The van der Waals surface area contributed by atoms with Crippen LogP contribution in [0.5, 0.6) is 0 Å². The van der Waals surface area contributed by atoms with Gasteiger partial charge in [0, 0.05) is 18.9 Å². The molecule has 8 heteroatoms. The quantitative estimate of drug-likeness (QED) is 0.443. The third-order valence-corrected chi connectivity index (χ3v) is 4.88. The van der Waals surface area contributed by atoms with Crippen LogP contribution in [-0.4, -0.2) is 31.7 Å². The van der Waals surface area contributed by atoms with Gasteiger partial charge in [0.05, 0.1) is 34.5 Å². The molecule has 0 aliphatic carbocycles. The fraction of sp³-hybridized carbons (Fsp3) is 0.125. The number of nitrogens with zero attached hydrogens (tertiary/aromatic N) is 4. The largest absolute Gasteiger partial charge is 0.348 e. The van der Waals surface area contributed by atoms with Crippen molar-refractivity contribution in [1.29, 1.82) is 0 Å². The third-order valence-electron chi connectivity index (χ3n) is 4.88. The number of nitrogens with one attached hydrogen (secondary N) is 2. The summed E-state index contributed by atoms with van der Waals surface area (Å²) in [5.74, 6) is 0.531. The van der Waals surface area contributed by atoms with Crippen LogP contribution in [0.3, 0.4) is 0 Å². The first-order valence-corrected chi connectivity index (χ1v) is 10.1. The van der Waals surface area contributed by atoms with Crippen LogP contribution in [0.1, 0.15) is 27.4 Å². The maximum absolute atomic E-state index is 13.0. The molecule has 2 N–H and O–H groups in total. The van der Waals surface area contributed by atoms with Crippen LogP contribution in [0.4, 0.5) is 0 Å². The molecule has 1 amide bonds. The number of benzene rings is 1. The lowest BCUT2D eigenvalue weighted by Gasteiger charge is -2.10. The van der Waals surface area contributed by atoms with Gasteiger partial charge in [-0.05, 0) is 48.9 Å². The van der Waals surface area contributed by atoms with Crippen molar-refractivity contribution in [3.8, 4) is 0 Å². The number of aldehydes is 1. The Balaban J connectivity index is 1.63. The fourth-order valence-electron chi connectivity index (χ4n) is 3.36. The molecule has 0 radical (unpaired) electrons. The highest BCUT2D eigenvalue weighted by Gasteiger charge is 2.12. The molecule has 0 spiro atoms. The molecule has 0 aliphatic heterocycles. The Hall–Kier alpha value is -4.33. The second kappa shape index (κ2) is 9.22. The smallest absolute Gasteiger partial charge is 0.255 e. The first-order valence-electron chi connectivity index (χ1n) is 10.1. The van der Waals surface area contributed by atoms with Gasteiger partial charge in [0.25, 0.3) is 5.91 Å². The molecule has 0 unspecified atom stereocenters. The summed E-state index contributed by atoms with van der Waals surface area (Å²) in [7, 11) is 0. The van der Waals surface area contributed by atoms with E-state index in [0.29, 0.717) is 29.0 Å². The Bertz CT molecular complexity index is 1370. The minimum Gasteiger partial charge on any atom is -0.348 e. The number of amides is 1. The second-order valence-electron chi connectivity index (χ2n) is 7.19. The van der Waals surface area contributed by atoms with Crippen molar-refractivity contribution in [2.24, 2.45) is 4.99 Å². The van der Waals surface area contributed by atoms with Crippen molar-refractivity contribution < 1.29 is 9.59 Å². The maximum atomic E-state index is 13.0. The number of carbonyl (C=O) groups is 2. The van der Waals surface area contributed by atoms with Gasteiger partial charge in [-0.25, -0.2) is 9.98 Å². The predicted octanol–water partition coefficient (Wildman–Crippen LogP) is 2.77. The topological polar surface area (TPSA) is 105 Å². The average Bonchev–Trinajstić information content (AvgIpc) is 3.18. The van der Waals surface area contributed by atoms with Crippen molar-refractivity contribution in [2.45, 2.75) is 20.0 Å². The van der Waals surface area contributed by atoms with Crippen molar-refractivity contribution in [3.63, 3.8) is 0 Å². The van der Waals surface area contributed by atoms with E-state index in [1.807, 2.05) is 31.2 Å². The minimum atomic E-state index is -0.307. The number of pyridine rings is 2. The van der Waals surface area contributed by atoms with Crippen molar-refractivity contribution in [1.82, 2.24) is 24.8 Å². The predicted molar refractivity (Wildman–Crippen MR) is 121 cm³/mol. The van der Waals surface area contributed by atoms with E-state index in [9.17, 15) is 9.59 Å². The number of rotatable bonds is 7. The summed E-state index contributed by atoms with van der Waals surface area (Å²) in [6.07, 6.45) is 4.10. The first-order chi connectivity index (χ1) is 15.5. The molecule has 160 valence electrons. The van der Waals surface area contributed by atoms with E-state index < -0.39 is 0 Å². The summed E-state index contributed by atoms with van der Waals surface area (Å²) in [5, 5.41) is 2.93. The van der Waals surface area contributed by atoms with E-state index in [0.717, 1.165) is 28.7 Å². The first kappa shape index (κ1) is 20.9. The minimum absolute atomic E-state index is 0.0608. The number of hydrogen-bond acceptors (Lipinski definition) is 5. The highest BCUT2D eigenvalue weighted by atomic mass is 16.1. The lowest BCUT2D eigenvalue weighted by atomic mass is 10.2. The number of fused-ring (bicyclic) bond motifs is 1. The number of aromatic amines is 1. The van der Waals surface area contributed by atoms with E-state index in [-0.39, 0.29) is 12.5 Å². The lowest BCUT2D eigenvalue weighted by molar-refractivity contribution is -0.108. The van der Waals surface area contributed by atoms with Crippen molar-refractivity contribution >= 4 is 28.9 Å². The molecule has 8 nitrogen and oxygen atoms in total. The van der Waals surface area contributed by atoms with Gasteiger partial charge in [-0.15, -0.1) is 0 Å². The van der Waals surface area contributed by atoms with Gasteiger partial charge in [0.2, 0.25) is 0 Å². The van der Waals surface area contributed by atoms with E-state index in [1.165, 1.54) is 0 Å². The average molecular weight is 426 g/mol. The number of aryl methyl sites for hydroxylation is 1. The molecule has 0 saturated carbocycles. The Morgan fingerprint density at radius 2 is 2.12 bits per heavy atom. The molecule has 32 heavy (non-hydrogen) atoms. The van der Waals surface area contributed by atoms with Gasteiger partial charge in [0.1, 0.15) is 17.6 Å². The van der Waals surface area contributed by atoms with Crippen LogP contribution >= 0.6 is 0 Å². The maximum Gasteiger partial charge on any atom is 0.255 e. The summed E-state index contributed by atoms with van der Waals surface area (Å²) in [5.41, 5.74) is 4.39. The molecule has 4 rings (SSSR count). The van der Waals surface area contributed by atoms with E-state index >= 15 is 0 Å². The normalized spacial score (nSPS) is 11.5. The molecule has 0 fully saturated rings. The standard InChI is InChI=1S/C24H22N6O2/c1-16(20-7-3-4-10-25-20)27-23-19(6-5-11-30(23)12-13-31)24(32)26-15-18-8-9-21-22(14-18)29-17(2)28-21/h3-11,13-14H,1,12,15H2,2H3,(H,26,32)(H,28,29). The summed E-state index contributed by atoms with van der Waals surface area (Å²) in [6, 6.07) is 14.6. The fourth-order valence-corrected chi connectivity index (χ4v) is 3.36. The Kier molecular flexibility index (Phi) is 6.03. The summed E-state index contributed by atoms with van der Waals surface area (Å²) >= 11 is 0. The van der Waals surface area contributed by atoms with Gasteiger partial charge in [-0.3, -0.25) is 9.78 Å². The van der Waals surface area contributed by atoms with Crippen LogP contribution < -0.4 is 10.8 Å². The van der Waals surface area contributed by atoms with Crippen LogP contribution in [0.25, 0.3) is 16.7 Å². The molecule has 0 bridgehead atoms. The van der Waals surface area contributed by atoms with Crippen LogP contribution in [0, 0.1) is 6.92 Å².